The molecule has 0 N–H and O–H groups in total. The summed E-state index contributed by atoms with van der Waals surface area (Å²) in [6.45, 7) is -0.949. The predicted molar refractivity (Wildman–Crippen MR) is 76.2 cm³/mol. The average Bonchev–Trinajstić information content (AvgIpc) is 2.38. The first kappa shape index (κ1) is 14.2. The molecular formula is C12H13O5PS. The first-order valence-corrected chi connectivity index (χ1v) is 7.98. The van der Waals surface area contributed by atoms with Gasteiger partial charge < -0.3 is 18.0 Å². The van der Waals surface area contributed by atoms with Gasteiger partial charge >= 0.3 is 12.3 Å². The number of fused-ring (bicyclic) bond motifs is 1. The van der Waals surface area contributed by atoms with Crippen molar-refractivity contribution in [1.29, 1.82) is 0 Å². The van der Waals surface area contributed by atoms with Gasteiger partial charge in [0.2, 0.25) is 0 Å². The topological polar surface area (TPSA) is 57.9 Å². The van der Waals surface area contributed by atoms with Crippen LogP contribution in [0.25, 0.3) is 11.0 Å². The quantitative estimate of drug-likeness (QED) is 0.639. The van der Waals surface area contributed by atoms with E-state index in [0.29, 0.717) is 11.3 Å². The van der Waals surface area contributed by atoms with E-state index in [1.807, 2.05) is 6.92 Å². The van der Waals surface area contributed by atoms with E-state index in [2.05, 4.69) is 0 Å². The minimum absolute atomic E-state index is 0.403. The minimum Gasteiger partial charge on any atom is -0.424 e. The van der Waals surface area contributed by atoms with Gasteiger partial charge in [-0.25, -0.2) is 4.79 Å². The van der Waals surface area contributed by atoms with Crippen LogP contribution in [-0.4, -0.2) is 14.2 Å². The molecule has 1 heterocycles. The largest absolute Gasteiger partial charge is 0.424 e. The van der Waals surface area contributed by atoms with Gasteiger partial charge in [-0.3, -0.25) is 0 Å². The van der Waals surface area contributed by atoms with Crippen molar-refractivity contribution >= 4 is 29.5 Å². The summed E-state index contributed by atoms with van der Waals surface area (Å²) in [5.74, 6) is 0.438. The van der Waals surface area contributed by atoms with Gasteiger partial charge in [-0.1, -0.05) is 0 Å². The molecule has 1 aromatic carbocycles. The van der Waals surface area contributed by atoms with Crippen LogP contribution in [0.3, 0.4) is 0 Å². The van der Waals surface area contributed by atoms with Gasteiger partial charge in [-0.15, -0.1) is 0 Å². The molecule has 102 valence electrons. The highest BCUT2D eigenvalue weighted by molar-refractivity contribution is 8.07. The molecule has 0 bridgehead atoms. The zero-order valence-corrected chi connectivity index (χ0v) is 12.4. The smallest absolute Gasteiger partial charge is 0.380 e. The van der Waals surface area contributed by atoms with Crippen LogP contribution >= 0.6 is 6.72 Å². The van der Waals surface area contributed by atoms with Crippen LogP contribution < -0.4 is 10.1 Å². The summed E-state index contributed by atoms with van der Waals surface area (Å²) in [7, 11) is 2.85. The van der Waals surface area contributed by atoms with Gasteiger partial charge in [0.05, 0.1) is 0 Å². The average molecular weight is 300 g/mol. The fourth-order valence-corrected chi connectivity index (χ4v) is 2.57. The highest BCUT2D eigenvalue weighted by Gasteiger charge is 2.18. The van der Waals surface area contributed by atoms with Crippen LogP contribution in [0, 0.1) is 6.92 Å². The Kier molecular flexibility index (Phi) is 4.06. The fraction of sp³-hybridized carbons (Fsp3) is 0.250. The van der Waals surface area contributed by atoms with E-state index < -0.39 is 12.3 Å². The maximum atomic E-state index is 11.3. The van der Waals surface area contributed by atoms with Crippen molar-refractivity contribution < 1.29 is 18.0 Å². The summed E-state index contributed by atoms with van der Waals surface area (Å²) in [6.07, 6.45) is 0. The normalized spacial score (nSPS) is 11.7. The highest BCUT2D eigenvalue weighted by atomic mass is 32.5. The molecule has 0 aliphatic carbocycles. The number of rotatable bonds is 4. The third kappa shape index (κ3) is 3.04. The van der Waals surface area contributed by atoms with Crippen molar-refractivity contribution in [3.05, 3.63) is 40.2 Å². The molecule has 2 rings (SSSR count). The summed E-state index contributed by atoms with van der Waals surface area (Å²) in [6, 6.07) is 6.57. The van der Waals surface area contributed by atoms with Crippen molar-refractivity contribution in [2.24, 2.45) is 0 Å². The Hall–Kier alpha value is -1.20. The monoisotopic (exact) mass is 300 g/mol. The van der Waals surface area contributed by atoms with E-state index in [1.165, 1.54) is 20.3 Å². The Labute approximate surface area is 115 Å². The molecule has 5 nitrogen and oxygen atoms in total. The number of hydrogen-bond donors (Lipinski definition) is 0. The molecule has 0 amide bonds. The van der Waals surface area contributed by atoms with E-state index in [1.54, 1.807) is 18.2 Å². The van der Waals surface area contributed by atoms with Gasteiger partial charge in [0.25, 0.3) is 0 Å². The van der Waals surface area contributed by atoms with Crippen LogP contribution in [0.2, 0.25) is 0 Å². The standard InChI is InChI=1S/C12H13O5PS/c1-8-6-12(13)16-11-7-9(4-5-10(8)11)17-18(19,14-2)15-3/h4-7H,1-3H3. The van der Waals surface area contributed by atoms with E-state index in [9.17, 15) is 4.79 Å². The Morgan fingerprint density at radius 3 is 2.53 bits per heavy atom. The molecule has 7 heteroatoms. The third-order valence-electron chi connectivity index (χ3n) is 2.59. The van der Waals surface area contributed by atoms with Crippen LogP contribution in [0.5, 0.6) is 5.75 Å². The molecule has 0 saturated carbocycles. The summed E-state index contributed by atoms with van der Waals surface area (Å²) < 4.78 is 20.7. The predicted octanol–water partition coefficient (Wildman–Crippen LogP) is 3.00. The van der Waals surface area contributed by atoms with E-state index >= 15 is 0 Å². The molecule has 1 aromatic heterocycles. The lowest BCUT2D eigenvalue weighted by molar-refractivity contribution is 0.273. The van der Waals surface area contributed by atoms with Crippen LogP contribution in [0.15, 0.2) is 33.5 Å². The second kappa shape index (κ2) is 5.43. The number of benzene rings is 1. The first-order valence-electron chi connectivity index (χ1n) is 5.43. The molecular weight excluding hydrogens is 287 g/mol. The summed E-state index contributed by atoms with van der Waals surface area (Å²) in [4.78, 5) is 11.3. The first-order chi connectivity index (χ1) is 8.97. The van der Waals surface area contributed by atoms with Crippen LogP contribution in [0.1, 0.15) is 5.56 Å². The maximum absolute atomic E-state index is 11.3. The SMILES string of the molecule is COP(=S)(OC)Oc1ccc2c(C)cc(=O)oc2c1. The Balaban J connectivity index is 2.48. The minimum atomic E-state index is -2.79. The molecule has 0 aliphatic heterocycles. The third-order valence-corrected chi connectivity index (χ3v) is 5.03. The maximum Gasteiger partial charge on any atom is 0.380 e. The lowest BCUT2D eigenvalue weighted by Crippen LogP contribution is -1.99. The Morgan fingerprint density at radius 2 is 1.89 bits per heavy atom. The second-order valence-corrected chi connectivity index (χ2v) is 6.96. The molecule has 0 radical (unpaired) electrons. The Bertz CT molecular complexity index is 701. The van der Waals surface area contributed by atoms with Gasteiger partial charge in [0.15, 0.2) is 0 Å². The van der Waals surface area contributed by atoms with Crippen molar-refractivity contribution in [2.45, 2.75) is 6.92 Å². The molecule has 0 atom stereocenters. The van der Waals surface area contributed by atoms with Crippen molar-refractivity contribution in [3.8, 4) is 5.75 Å². The number of aryl methyl sites for hydroxylation is 1. The molecule has 2 aromatic rings. The lowest BCUT2D eigenvalue weighted by atomic mass is 10.1. The van der Waals surface area contributed by atoms with Gasteiger partial charge in [-0.2, -0.15) is 0 Å². The fourth-order valence-electron chi connectivity index (χ4n) is 1.64. The summed E-state index contributed by atoms with van der Waals surface area (Å²) in [5, 5.41) is 0.843. The van der Waals surface area contributed by atoms with E-state index in [4.69, 9.17) is 29.8 Å². The number of hydrogen-bond acceptors (Lipinski definition) is 6. The van der Waals surface area contributed by atoms with Crippen LogP contribution in [0.4, 0.5) is 0 Å². The van der Waals surface area contributed by atoms with Gasteiger partial charge in [-0.05, 0) is 24.6 Å². The van der Waals surface area contributed by atoms with Gasteiger partial charge in [0.1, 0.15) is 11.3 Å². The molecule has 0 fully saturated rings. The molecule has 0 spiro atoms. The highest BCUT2D eigenvalue weighted by Crippen LogP contribution is 2.48. The summed E-state index contributed by atoms with van der Waals surface area (Å²) >= 11 is 5.11. The second-order valence-electron chi connectivity index (χ2n) is 3.81. The molecule has 0 unspecified atom stereocenters. The molecule has 0 saturated heterocycles. The lowest BCUT2D eigenvalue weighted by Gasteiger charge is -2.18. The molecule has 19 heavy (non-hydrogen) atoms. The Morgan fingerprint density at radius 1 is 1.21 bits per heavy atom. The van der Waals surface area contributed by atoms with Crippen LogP contribution in [-0.2, 0) is 20.9 Å². The summed E-state index contributed by atoms with van der Waals surface area (Å²) in [5.41, 5.74) is 0.882. The van der Waals surface area contributed by atoms with E-state index in [0.717, 1.165) is 10.9 Å². The van der Waals surface area contributed by atoms with Crippen molar-refractivity contribution in [2.75, 3.05) is 14.2 Å². The van der Waals surface area contributed by atoms with Gasteiger partial charge in [0, 0.05) is 43.5 Å². The van der Waals surface area contributed by atoms with Crippen molar-refractivity contribution in [3.63, 3.8) is 0 Å². The zero-order chi connectivity index (χ0) is 14.0. The zero-order valence-electron chi connectivity index (χ0n) is 10.7. The van der Waals surface area contributed by atoms with Crippen molar-refractivity contribution in [1.82, 2.24) is 0 Å². The molecule has 0 aliphatic rings. The van der Waals surface area contributed by atoms with E-state index in [-0.39, 0.29) is 0 Å².